The third-order valence-corrected chi connectivity index (χ3v) is 6.70. The van der Waals surface area contributed by atoms with Crippen LogP contribution in [0, 0.1) is 11.3 Å². The smallest absolute Gasteiger partial charge is 0.143 e. The summed E-state index contributed by atoms with van der Waals surface area (Å²) in [7, 11) is 0. The summed E-state index contributed by atoms with van der Waals surface area (Å²) in [6.07, 6.45) is 15.9. The number of unbranched alkanes of at least 4 members (excludes halogenated alkanes) is 2. The first-order chi connectivity index (χ1) is 16.8. The van der Waals surface area contributed by atoms with Gasteiger partial charge >= 0.3 is 0 Å². The Hall–Kier alpha value is -2.62. The first-order valence-electron chi connectivity index (χ1n) is 13.5. The number of carbonyl (C=O) groups excluding carboxylic acids is 1. The van der Waals surface area contributed by atoms with Crippen molar-refractivity contribution < 1.29 is 4.79 Å². The highest BCUT2D eigenvalue weighted by molar-refractivity contribution is 5.82. The Morgan fingerprint density at radius 2 is 1.80 bits per heavy atom. The molecule has 2 aromatic rings. The Labute approximate surface area is 212 Å². The molecule has 0 amide bonds. The number of hydrogen-bond acceptors (Lipinski definition) is 3. The van der Waals surface area contributed by atoms with Crippen LogP contribution in [-0.4, -0.2) is 28.9 Å². The molecule has 190 valence electrons. The van der Waals surface area contributed by atoms with Gasteiger partial charge in [0.2, 0.25) is 0 Å². The quantitative estimate of drug-likeness (QED) is 0.231. The normalized spacial score (nSPS) is 17.0. The lowest BCUT2D eigenvalue weighted by Crippen LogP contribution is -2.25. The standard InChI is InChI=1S/C31H45N3O/c1-7-9-16-33(17-10-8-2)27-12-13-28-29(20-27)34(23-24(3)4)30(32-28)14-11-25-19-26(15-18-35)22-31(5,6)21-25/h11-15,18-20,24H,7-10,16-17,21-23H2,1-6H3/b14-11+,26-15?. The number of aldehydes is 1. The summed E-state index contributed by atoms with van der Waals surface area (Å²) in [5.41, 5.74) is 6.09. The van der Waals surface area contributed by atoms with Gasteiger partial charge in [0.1, 0.15) is 12.1 Å². The molecule has 0 radical (unpaired) electrons. The first kappa shape index (κ1) is 27.0. The van der Waals surface area contributed by atoms with Gasteiger partial charge in [-0.2, -0.15) is 0 Å². The average molecular weight is 476 g/mol. The van der Waals surface area contributed by atoms with E-state index in [1.165, 1.54) is 42.5 Å². The van der Waals surface area contributed by atoms with Crippen molar-refractivity contribution in [2.45, 2.75) is 86.6 Å². The van der Waals surface area contributed by atoms with Gasteiger partial charge in [-0.3, -0.25) is 4.79 Å². The highest BCUT2D eigenvalue weighted by atomic mass is 16.1. The van der Waals surface area contributed by atoms with Gasteiger partial charge in [-0.15, -0.1) is 0 Å². The molecule has 1 aliphatic rings. The van der Waals surface area contributed by atoms with Gasteiger partial charge in [0.25, 0.3) is 0 Å². The predicted octanol–water partition coefficient (Wildman–Crippen LogP) is 7.98. The lowest BCUT2D eigenvalue weighted by Gasteiger charge is -2.30. The van der Waals surface area contributed by atoms with Crippen LogP contribution in [0.15, 0.2) is 47.6 Å². The highest BCUT2D eigenvalue weighted by Gasteiger charge is 2.24. The van der Waals surface area contributed by atoms with Crippen molar-refractivity contribution in [3.8, 4) is 0 Å². The van der Waals surface area contributed by atoms with Crippen LogP contribution in [0.1, 0.15) is 85.9 Å². The molecule has 0 saturated heterocycles. The molecule has 0 saturated carbocycles. The van der Waals surface area contributed by atoms with Gasteiger partial charge in [-0.05, 0) is 78.5 Å². The Morgan fingerprint density at radius 3 is 2.43 bits per heavy atom. The summed E-state index contributed by atoms with van der Waals surface area (Å²) < 4.78 is 2.38. The first-order valence-corrected chi connectivity index (χ1v) is 13.5. The summed E-state index contributed by atoms with van der Waals surface area (Å²) in [5.74, 6) is 1.53. The Morgan fingerprint density at radius 1 is 1.09 bits per heavy atom. The highest BCUT2D eigenvalue weighted by Crippen LogP contribution is 2.38. The van der Waals surface area contributed by atoms with Gasteiger partial charge in [0, 0.05) is 25.3 Å². The van der Waals surface area contributed by atoms with E-state index in [0.29, 0.717) is 5.92 Å². The number of allylic oxidation sites excluding steroid dienone is 5. The molecule has 0 fully saturated rings. The van der Waals surface area contributed by atoms with Gasteiger partial charge in [-0.1, -0.05) is 66.5 Å². The molecule has 4 heteroatoms. The molecule has 0 unspecified atom stereocenters. The second kappa shape index (κ2) is 12.4. The molecule has 1 aromatic heterocycles. The van der Waals surface area contributed by atoms with Crippen molar-refractivity contribution in [3.63, 3.8) is 0 Å². The van der Waals surface area contributed by atoms with E-state index < -0.39 is 0 Å². The molecule has 0 spiro atoms. The molecule has 3 rings (SSSR count). The lowest BCUT2D eigenvalue weighted by molar-refractivity contribution is -0.104. The number of anilines is 1. The molecule has 0 N–H and O–H groups in total. The number of aromatic nitrogens is 2. The zero-order chi connectivity index (χ0) is 25.4. The van der Waals surface area contributed by atoms with Crippen LogP contribution in [0.2, 0.25) is 0 Å². The molecule has 0 aliphatic heterocycles. The number of hydrogen-bond donors (Lipinski definition) is 0. The fourth-order valence-corrected chi connectivity index (χ4v) is 5.07. The van der Waals surface area contributed by atoms with E-state index in [9.17, 15) is 4.79 Å². The average Bonchev–Trinajstić information content (AvgIpc) is 3.13. The number of fused-ring (bicyclic) bond motifs is 1. The topological polar surface area (TPSA) is 38.1 Å². The Balaban J connectivity index is 1.99. The molecular formula is C31H45N3O. The largest absolute Gasteiger partial charge is 0.371 e. The summed E-state index contributed by atoms with van der Waals surface area (Å²) in [4.78, 5) is 18.6. The molecule has 1 heterocycles. The lowest BCUT2D eigenvalue weighted by atomic mass is 9.75. The Kier molecular flexibility index (Phi) is 9.54. The van der Waals surface area contributed by atoms with E-state index in [-0.39, 0.29) is 5.41 Å². The number of nitrogens with zero attached hydrogens (tertiary/aromatic N) is 3. The third-order valence-electron chi connectivity index (χ3n) is 6.70. The van der Waals surface area contributed by atoms with E-state index in [1.54, 1.807) is 6.08 Å². The monoisotopic (exact) mass is 475 g/mol. The fourth-order valence-electron chi connectivity index (χ4n) is 5.07. The van der Waals surface area contributed by atoms with Crippen molar-refractivity contribution in [3.05, 3.63) is 53.4 Å². The molecular weight excluding hydrogens is 430 g/mol. The molecule has 1 aromatic carbocycles. The SMILES string of the molecule is CCCCN(CCCC)c1ccc2nc(/C=C/C3=CC(=CC=O)CC(C)(C)C3)n(CC(C)C)c2c1. The summed E-state index contributed by atoms with van der Waals surface area (Å²) >= 11 is 0. The predicted molar refractivity (Wildman–Crippen MR) is 151 cm³/mol. The van der Waals surface area contributed by atoms with E-state index in [0.717, 1.165) is 55.7 Å². The second-order valence-corrected chi connectivity index (χ2v) is 11.3. The third kappa shape index (κ3) is 7.43. The minimum absolute atomic E-state index is 0.149. The maximum atomic E-state index is 11.1. The van der Waals surface area contributed by atoms with E-state index in [2.05, 4.69) is 87.4 Å². The van der Waals surface area contributed by atoms with Crippen LogP contribution in [0.3, 0.4) is 0 Å². The fraction of sp³-hybridized carbons (Fsp3) is 0.548. The number of benzene rings is 1. The van der Waals surface area contributed by atoms with Crippen molar-refractivity contribution >= 4 is 29.1 Å². The van der Waals surface area contributed by atoms with Crippen molar-refractivity contribution in [2.24, 2.45) is 11.3 Å². The number of carbonyl (C=O) groups is 1. The molecule has 35 heavy (non-hydrogen) atoms. The van der Waals surface area contributed by atoms with Gasteiger partial charge in [-0.25, -0.2) is 4.98 Å². The minimum atomic E-state index is 0.149. The maximum absolute atomic E-state index is 11.1. The van der Waals surface area contributed by atoms with Crippen LogP contribution in [0.4, 0.5) is 5.69 Å². The molecule has 0 bridgehead atoms. The number of rotatable bonds is 12. The Bertz CT molecular complexity index is 1080. The zero-order valence-corrected chi connectivity index (χ0v) is 22.8. The van der Waals surface area contributed by atoms with Crippen molar-refractivity contribution in [1.82, 2.24) is 9.55 Å². The maximum Gasteiger partial charge on any atom is 0.143 e. The van der Waals surface area contributed by atoms with Crippen LogP contribution >= 0.6 is 0 Å². The van der Waals surface area contributed by atoms with Crippen LogP contribution in [0.25, 0.3) is 17.1 Å². The summed E-state index contributed by atoms with van der Waals surface area (Å²) in [6.45, 7) is 16.7. The minimum Gasteiger partial charge on any atom is -0.371 e. The number of imidazole rings is 1. The summed E-state index contributed by atoms with van der Waals surface area (Å²) in [5, 5.41) is 0. The van der Waals surface area contributed by atoms with Gasteiger partial charge in [0.15, 0.2) is 0 Å². The van der Waals surface area contributed by atoms with E-state index >= 15 is 0 Å². The van der Waals surface area contributed by atoms with Crippen molar-refractivity contribution in [1.29, 1.82) is 0 Å². The van der Waals surface area contributed by atoms with Crippen LogP contribution in [-0.2, 0) is 11.3 Å². The van der Waals surface area contributed by atoms with E-state index in [4.69, 9.17) is 4.98 Å². The van der Waals surface area contributed by atoms with Crippen LogP contribution in [0.5, 0.6) is 0 Å². The molecule has 4 nitrogen and oxygen atoms in total. The molecule has 0 atom stereocenters. The molecule has 1 aliphatic carbocycles. The van der Waals surface area contributed by atoms with E-state index in [1.807, 2.05) is 0 Å². The van der Waals surface area contributed by atoms with Crippen molar-refractivity contribution in [2.75, 3.05) is 18.0 Å². The zero-order valence-electron chi connectivity index (χ0n) is 22.8. The second-order valence-electron chi connectivity index (χ2n) is 11.3. The summed E-state index contributed by atoms with van der Waals surface area (Å²) in [6, 6.07) is 6.79. The van der Waals surface area contributed by atoms with Gasteiger partial charge in [0.05, 0.1) is 11.0 Å². The van der Waals surface area contributed by atoms with Crippen LogP contribution < -0.4 is 4.90 Å². The van der Waals surface area contributed by atoms with Gasteiger partial charge < -0.3 is 9.47 Å².